The average molecular weight is 414 g/mol. The number of benzene rings is 1. The maximum Gasteiger partial charge on any atom is 0.169 e. The third-order valence-corrected chi connectivity index (χ3v) is 5.05. The van der Waals surface area contributed by atoms with Crippen molar-refractivity contribution in [1.29, 1.82) is 0 Å². The molecule has 0 fully saturated rings. The van der Waals surface area contributed by atoms with E-state index in [0.29, 0.717) is 6.42 Å². The van der Waals surface area contributed by atoms with Gasteiger partial charge in [0, 0.05) is 16.6 Å². The molecule has 1 aromatic heterocycles. The molecular formula is C16H18Br2N2O. The summed E-state index contributed by atoms with van der Waals surface area (Å²) in [5.74, 6) is 0.100. The maximum atomic E-state index is 12.6. The fourth-order valence-corrected chi connectivity index (χ4v) is 3.46. The van der Waals surface area contributed by atoms with E-state index in [1.54, 1.807) is 0 Å². The molecular weight excluding hydrogens is 396 g/mol. The predicted octanol–water partition coefficient (Wildman–Crippen LogP) is 4.72. The Labute approximate surface area is 142 Å². The van der Waals surface area contributed by atoms with Gasteiger partial charge in [0.05, 0.1) is 22.3 Å². The summed E-state index contributed by atoms with van der Waals surface area (Å²) < 4.78 is 3.71. The molecule has 0 saturated carbocycles. The summed E-state index contributed by atoms with van der Waals surface area (Å²) >= 11 is 7.05. The molecule has 5 heteroatoms. The van der Waals surface area contributed by atoms with Crippen LogP contribution >= 0.6 is 31.9 Å². The molecule has 0 aliphatic carbocycles. The summed E-state index contributed by atoms with van der Waals surface area (Å²) in [4.78, 5) is 12.6. The van der Waals surface area contributed by atoms with Crippen LogP contribution in [0.3, 0.4) is 0 Å². The molecule has 2 aromatic rings. The maximum absolute atomic E-state index is 12.6. The standard InChI is InChI=1S/C16H18Br2N2O/c1-4-13-16(18)14(20(5-2)19-13)9-15(21)11-8-10(3)6-7-12(11)17/h6-8H,4-5,9H2,1-3H3. The molecule has 0 aliphatic rings. The van der Waals surface area contributed by atoms with Crippen molar-refractivity contribution < 1.29 is 4.79 Å². The van der Waals surface area contributed by atoms with Crippen LogP contribution in [0.5, 0.6) is 0 Å². The number of ketones is 1. The van der Waals surface area contributed by atoms with Gasteiger partial charge in [-0.3, -0.25) is 9.48 Å². The lowest BCUT2D eigenvalue weighted by Crippen LogP contribution is -2.11. The lowest BCUT2D eigenvalue weighted by atomic mass is 10.0. The van der Waals surface area contributed by atoms with Gasteiger partial charge in [0.1, 0.15) is 0 Å². The number of nitrogens with zero attached hydrogens (tertiary/aromatic N) is 2. The minimum Gasteiger partial charge on any atom is -0.294 e. The fraction of sp³-hybridized carbons (Fsp3) is 0.375. The van der Waals surface area contributed by atoms with Gasteiger partial charge in [0.25, 0.3) is 0 Å². The predicted molar refractivity (Wildman–Crippen MR) is 91.9 cm³/mol. The Morgan fingerprint density at radius 2 is 2.00 bits per heavy atom. The van der Waals surface area contributed by atoms with Crippen molar-refractivity contribution in [3.63, 3.8) is 0 Å². The Balaban J connectivity index is 2.35. The van der Waals surface area contributed by atoms with Crippen molar-refractivity contribution in [2.24, 2.45) is 0 Å². The van der Waals surface area contributed by atoms with Crippen LogP contribution in [0.15, 0.2) is 27.1 Å². The van der Waals surface area contributed by atoms with Crippen molar-refractivity contribution in [3.8, 4) is 0 Å². The topological polar surface area (TPSA) is 34.9 Å². The zero-order valence-corrected chi connectivity index (χ0v) is 15.6. The van der Waals surface area contributed by atoms with Gasteiger partial charge >= 0.3 is 0 Å². The molecule has 2 rings (SSSR count). The van der Waals surface area contributed by atoms with Crippen LogP contribution in [0.25, 0.3) is 0 Å². The van der Waals surface area contributed by atoms with E-state index >= 15 is 0 Å². The second-order valence-electron chi connectivity index (χ2n) is 4.96. The molecule has 1 aromatic carbocycles. The summed E-state index contributed by atoms with van der Waals surface area (Å²) in [6, 6.07) is 5.84. The number of hydrogen-bond donors (Lipinski definition) is 0. The number of halogens is 2. The van der Waals surface area contributed by atoms with Gasteiger partial charge in [0.2, 0.25) is 0 Å². The van der Waals surface area contributed by atoms with E-state index in [1.165, 1.54) is 0 Å². The van der Waals surface area contributed by atoms with Crippen LogP contribution in [0.2, 0.25) is 0 Å². The Bertz CT molecular complexity index is 677. The van der Waals surface area contributed by atoms with Crippen LogP contribution in [0, 0.1) is 6.92 Å². The largest absolute Gasteiger partial charge is 0.294 e. The van der Waals surface area contributed by atoms with Crippen LogP contribution in [0.1, 0.15) is 41.2 Å². The first-order valence-corrected chi connectivity index (χ1v) is 8.59. The van der Waals surface area contributed by atoms with E-state index in [2.05, 4.69) is 43.9 Å². The Kier molecular flexibility index (Phi) is 5.38. The van der Waals surface area contributed by atoms with Gasteiger partial charge in [-0.25, -0.2) is 0 Å². The normalized spacial score (nSPS) is 10.9. The van der Waals surface area contributed by atoms with Crippen LogP contribution < -0.4 is 0 Å². The monoisotopic (exact) mass is 412 g/mol. The number of carbonyl (C=O) groups excluding carboxylic acids is 1. The Hall–Kier alpha value is -0.940. The van der Waals surface area contributed by atoms with Crippen molar-refractivity contribution in [1.82, 2.24) is 9.78 Å². The molecule has 1 heterocycles. The summed E-state index contributed by atoms with van der Waals surface area (Å²) in [6.45, 7) is 6.85. The third-order valence-electron chi connectivity index (χ3n) is 3.44. The molecule has 0 spiro atoms. The van der Waals surface area contributed by atoms with E-state index in [1.807, 2.05) is 36.7 Å². The molecule has 0 radical (unpaired) electrons. The van der Waals surface area contributed by atoms with Crippen LogP contribution in [-0.4, -0.2) is 15.6 Å². The van der Waals surface area contributed by atoms with Crippen molar-refractivity contribution in [3.05, 3.63) is 49.7 Å². The zero-order valence-electron chi connectivity index (χ0n) is 12.4. The van der Waals surface area contributed by atoms with Crippen molar-refractivity contribution in [2.45, 2.75) is 40.2 Å². The van der Waals surface area contributed by atoms with Crippen LogP contribution in [-0.2, 0) is 19.4 Å². The summed E-state index contributed by atoms with van der Waals surface area (Å²) in [7, 11) is 0. The SMILES string of the molecule is CCc1nn(CC)c(CC(=O)c2cc(C)ccc2Br)c1Br. The van der Waals surface area contributed by atoms with E-state index in [0.717, 1.165) is 44.4 Å². The second-order valence-corrected chi connectivity index (χ2v) is 6.61. The lowest BCUT2D eigenvalue weighted by Gasteiger charge is -2.07. The summed E-state index contributed by atoms with van der Waals surface area (Å²) in [5.41, 5.74) is 3.76. The molecule has 0 amide bonds. The number of hydrogen-bond acceptors (Lipinski definition) is 2. The Morgan fingerprint density at radius 3 is 2.62 bits per heavy atom. The minimum atomic E-state index is 0.100. The second kappa shape index (κ2) is 6.88. The fourth-order valence-electron chi connectivity index (χ4n) is 2.29. The van der Waals surface area contributed by atoms with Gasteiger partial charge in [0.15, 0.2) is 5.78 Å². The number of rotatable bonds is 5. The first-order valence-electron chi connectivity index (χ1n) is 7.01. The highest BCUT2D eigenvalue weighted by Gasteiger charge is 2.19. The number of carbonyl (C=O) groups is 1. The summed E-state index contributed by atoms with van der Waals surface area (Å²) in [5, 5.41) is 4.54. The first kappa shape index (κ1) is 16.4. The molecule has 0 saturated heterocycles. The molecule has 0 atom stereocenters. The molecule has 0 unspecified atom stereocenters. The van der Waals surface area contributed by atoms with E-state index in [4.69, 9.17) is 0 Å². The first-order chi connectivity index (χ1) is 9.97. The molecule has 0 N–H and O–H groups in total. The molecule has 0 aliphatic heterocycles. The van der Waals surface area contributed by atoms with E-state index in [-0.39, 0.29) is 5.78 Å². The smallest absolute Gasteiger partial charge is 0.169 e. The van der Waals surface area contributed by atoms with Gasteiger partial charge in [-0.15, -0.1) is 0 Å². The van der Waals surface area contributed by atoms with Crippen molar-refractivity contribution >= 4 is 37.6 Å². The van der Waals surface area contributed by atoms with Gasteiger partial charge in [-0.1, -0.05) is 34.5 Å². The Morgan fingerprint density at radius 1 is 1.29 bits per heavy atom. The minimum absolute atomic E-state index is 0.100. The van der Waals surface area contributed by atoms with Crippen LogP contribution in [0.4, 0.5) is 0 Å². The molecule has 0 bridgehead atoms. The number of aryl methyl sites for hydroxylation is 3. The van der Waals surface area contributed by atoms with Gasteiger partial charge < -0.3 is 0 Å². The van der Waals surface area contributed by atoms with Gasteiger partial charge in [-0.2, -0.15) is 5.10 Å². The van der Waals surface area contributed by atoms with E-state index in [9.17, 15) is 4.79 Å². The third kappa shape index (κ3) is 3.46. The highest BCUT2D eigenvalue weighted by molar-refractivity contribution is 9.10. The number of Topliss-reactive ketones (excluding diaryl/α,β-unsaturated/α-hetero) is 1. The summed E-state index contributed by atoms with van der Waals surface area (Å²) in [6.07, 6.45) is 1.20. The highest BCUT2D eigenvalue weighted by atomic mass is 79.9. The molecule has 21 heavy (non-hydrogen) atoms. The lowest BCUT2D eigenvalue weighted by molar-refractivity contribution is 0.0989. The molecule has 112 valence electrons. The van der Waals surface area contributed by atoms with Gasteiger partial charge in [-0.05, 0) is 48.3 Å². The van der Waals surface area contributed by atoms with Crippen molar-refractivity contribution in [2.75, 3.05) is 0 Å². The molecule has 3 nitrogen and oxygen atoms in total. The quantitative estimate of drug-likeness (QED) is 0.664. The number of aromatic nitrogens is 2. The highest BCUT2D eigenvalue weighted by Crippen LogP contribution is 2.26. The van der Waals surface area contributed by atoms with E-state index < -0.39 is 0 Å². The zero-order chi connectivity index (χ0) is 15.6. The average Bonchev–Trinajstić information content (AvgIpc) is 2.77.